The van der Waals surface area contributed by atoms with E-state index in [0.29, 0.717) is 28.7 Å². The molecule has 222 valence electrons. The van der Waals surface area contributed by atoms with Crippen molar-refractivity contribution < 1.29 is 18.3 Å². The van der Waals surface area contributed by atoms with Gasteiger partial charge in [0.05, 0.1) is 16.0 Å². The minimum Gasteiger partial charge on any atom is -0.478 e. The number of hydrogen-bond acceptors (Lipinski definition) is 6. The summed E-state index contributed by atoms with van der Waals surface area (Å²) in [5.74, 6) is 0.197. The number of pyridine rings is 1. The fourth-order valence-corrected chi connectivity index (χ4v) is 6.01. The third-order valence-electron chi connectivity index (χ3n) is 6.99. The third-order valence-corrected chi connectivity index (χ3v) is 8.39. The number of hydrogen-bond donors (Lipinski definition) is 2. The van der Waals surface area contributed by atoms with Gasteiger partial charge in [0.25, 0.3) is 10.0 Å². The zero-order chi connectivity index (χ0) is 26.7. The molecule has 2 heterocycles. The summed E-state index contributed by atoms with van der Waals surface area (Å²) in [6.07, 6.45) is 1.96. The average Bonchev–Trinajstić information content (AvgIpc) is 2.87. The number of halogens is 3. The maximum absolute atomic E-state index is 12.9. The molecule has 0 saturated carbocycles. The molecular weight excluding hydrogens is 595 g/mol. The van der Waals surface area contributed by atoms with Crippen LogP contribution in [0.3, 0.4) is 0 Å². The molecule has 0 amide bonds. The van der Waals surface area contributed by atoms with Gasteiger partial charge in [0.2, 0.25) is 0 Å². The summed E-state index contributed by atoms with van der Waals surface area (Å²) in [7, 11) is -3.82. The van der Waals surface area contributed by atoms with Gasteiger partial charge in [-0.3, -0.25) is 9.62 Å². The van der Waals surface area contributed by atoms with Gasteiger partial charge in [0.1, 0.15) is 5.82 Å². The summed E-state index contributed by atoms with van der Waals surface area (Å²) in [6, 6.07) is 13.6. The normalized spacial score (nSPS) is 14.6. The smallest absolute Gasteiger partial charge is 0.336 e. The molecule has 0 spiro atoms. The van der Waals surface area contributed by atoms with E-state index in [1.807, 2.05) is 6.92 Å². The van der Waals surface area contributed by atoms with E-state index in [2.05, 4.69) is 35.3 Å². The molecule has 1 aromatic heterocycles. The van der Waals surface area contributed by atoms with Crippen LogP contribution in [-0.2, 0) is 16.4 Å². The van der Waals surface area contributed by atoms with Crippen molar-refractivity contribution in [3.05, 3.63) is 59.7 Å². The first-order valence-corrected chi connectivity index (χ1v) is 14.3. The number of rotatable bonds is 9. The number of carbonyl (C=O) groups is 1. The number of piperazine rings is 1. The third kappa shape index (κ3) is 8.36. The Labute approximate surface area is 255 Å². The molecule has 0 radical (unpaired) electrons. The van der Waals surface area contributed by atoms with Crippen LogP contribution < -0.4 is 9.62 Å². The molecule has 2 aromatic carbocycles. The lowest BCUT2D eigenvalue weighted by Gasteiger charge is -2.39. The number of nitrogens with zero attached hydrogens (tertiary/aromatic N) is 3. The highest BCUT2D eigenvalue weighted by molar-refractivity contribution is 7.92. The number of nitrogens with one attached hydrogen (secondary N) is 1. The Bertz CT molecular complexity index is 1380. The Morgan fingerprint density at radius 1 is 0.975 bits per heavy atom. The van der Waals surface area contributed by atoms with E-state index in [9.17, 15) is 18.3 Å². The number of carboxylic acid groups (broad SMARTS) is 1. The number of fused-ring (bicyclic) bond motifs is 1. The molecule has 1 aliphatic heterocycles. The second-order valence-electron chi connectivity index (χ2n) is 10.2. The molecule has 1 unspecified atom stereocenters. The standard InChI is InChI=1S/C28H36N4O4S.3ClH/c1-5-21-6-9-23(10-7-21)37(35,36)30-22-8-11-26-24(17-22)25(28(33)34)18-27(29-26)32-14-12-31(13-15-32)20(4)16-19(2)3;;;/h6-11,17-20,30H,5,12-16H2,1-4H3,(H,33,34);3*1H. The van der Waals surface area contributed by atoms with E-state index in [0.717, 1.165) is 44.6 Å². The summed E-state index contributed by atoms with van der Waals surface area (Å²) in [5, 5.41) is 10.4. The van der Waals surface area contributed by atoms with Crippen molar-refractivity contribution in [3.8, 4) is 0 Å². The summed E-state index contributed by atoms with van der Waals surface area (Å²) in [5.41, 5.74) is 1.95. The Morgan fingerprint density at radius 2 is 1.60 bits per heavy atom. The molecule has 1 fully saturated rings. The molecule has 3 aromatic rings. The summed E-state index contributed by atoms with van der Waals surface area (Å²) < 4.78 is 28.4. The molecule has 0 bridgehead atoms. The monoisotopic (exact) mass is 632 g/mol. The lowest BCUT2D eigenvalue weighted by molar-refractivity contribution is 0.0699. The number of benzene rings is 2. The quantitative estimate of drug-likeness (QED) is 0.293. The summed E-state index contributed by atoms with van der Waals surface area (Å²) in [4.78, 5) is 21.7. The van der Waals surface area contributed by atoms with Crippen LogP contribution in [0, 0.1) is 5.92 Å². The lowest BCUT2D eigenvalue weighted by Crippen LogP contribution is -2.50. The van der Waals surface area contributed by atoms with Gasteiger partial charge in [-0.15, -0.1) is 37.2 Å². The van der Waals surface area contributed by atoms with Crippen molar-refractivity contribution in [2.75, 3.05) is 35.8 Å². The number of sulfonamides is 1. The van der Waals surface area contributed by atoms with Gasteiger partial charge in [0, 0.05) is 43.3 Å². The Hall–Kier alpha value is -2.30. The Kier molecular flexibility index (Phi) is 13.5. The van der Waals surface area contributed by atoms with Crippen molar-refractivity contribution in [1.82, 2.24) is 9.88 Å². The molecule has 4 rings (SSSR count). The molecule has 1 saturated heterocycles. The number of carboxylic acids is 1. The van der Waals surface area contributed by atoms with Crippen LogP contribution in [0.4, 0.5) is 11.5 Å². The van der Waals surface area contributed by atoms with E-state index in [-0.39, 0.29) is 53.4 Å². The SMILES string of the molecule is CCc1ccc(S(=O)(=O)Nc2ccc3nc(N4CCN(C(C)CC(C)C)CC4)cc(C(=O)O)c3c2)cc1.Cl.Cl.Cl. The van der Waals surface area contributed by atoms with Gasteiger partial charge in [-0.1, -0.05) is 32.9 Å². The lowest BCUT2D eigenvalue weighted by atomic mass is 10.0. The predicted octanol–water partition coefficient (Wildman–Crippen LogP) is 6.12. The fraction of sp³-hybridized carbons (Fsp3) is 0.429. The Morgan fingerprint density at radius 3 is 2.15 bits per heavy atom. The second kappa shape index (κ2) is 15.1. The predicted molar refractivity (Wildman–Crippen MR) is 170 cm³/mol. The highest BCUT2D eigenvalue weighted by atomic mass is 35.5. The number of aromatic carboxylic acids is 1. The van der Waals surface area contributed by atoms with E-state index in [4.69, 9.17) is 4.98 Å². The number of anilines is 2. The van der Waals surface area contributed by atoms with Crippen LogP contribution in [0.1, 0.15) is 50.0 Å². The van der Waals surface area contributed by atoms with Crippen molar-refractivity contribution in [3.63, 3.8) is 0 Å². The highest BCUT2D eigenvalue weighted by Gasteiger charge is 2.24. The minimum absolute atomic E-state index is 0. The van der Waals surface area contributed by atoms with Crippen molar-refractivity contribution >= 4 is 75.6 Å². The van der Waals surface area contributed by atoms with Gasteiger partial charge in [0.15, 0.2) is 0 Å². The van der Waals surface area contributed by atoms with Crippen LogP contribution >= 0.6 is 37.2 Å². The summed E-state index contributed by atoms with van der Waals surface area (Å²) >= 11 is 0. The van der Waals surface area contributed by atoms with Gasteiger partial charge in [-0.2, -0.15) is 0 Å². The molecule has 0 aliphatic carbocycles. The molecule has 8 nitrogen and oxygen atoms in total. The van der Waals surface area contributed by atoms with Gasteiger partial charge in [-0.25, -0.2) is 18.2 Å². The average molecular weight is 634 g/mol. The maximum atomic E-state index is 12.9. The van der Waals surface area contributed by atoms with Crippen LogP contribution in [0.2, 0.25) is 0 Å². The van der Waals surface area contributed by atoms with Crippen LogP contribution in [0.15, 0.2) is 53.4 Å². The molecule has 40 heavy (non-hydrogen) atoms. The van der Waals surface area contributed by atoms with E-state index in [1.54, 1.807) is 48.5 Å². The van der Waals surface area contributed by atoms with Crippen molar-refractivity contribution in [2.45, 2.75) is 51.5 Å². The van der Waals surface area contributed by atoms with Crippen LogP contribution in [0.5, 0.6) is 0 Å². The second-order valence-corrected chi connectivity index (χ2v) is 11.9. The Balaban J connectivity index is 0.00000267. The molecular formula is C28H39Cl3N4O4S. The van der Waals surface area contributed by atoms with Crippen LogP contribution in [-0.4, -0.2) is 61.6 Å². The number of aromatic nitrogens is 1. The molecule has 2 N–H and O–H groups in total. The largest absolute Gasteiger partial charge is 0.478 e. The molecule has 1 aliphatic rings. The van der Waals surface area contributed by atoms with E-state index in [1.165, 1.54) is 0 Å². The molecule has 12 heteroatoms. The fourth-order valence-electron chi connectivity index (χ4n) is 4.96. The topological polar surface area (TPSA) is 103 Å². The summed E-state index contributed by atoms with van der Waals surface area (Å²) in [6.45, 7) is 12.1. The first-order chi connectivity index (χ1) is 17.6. The minimum atomic E-state index is -3.82. The van der Waals surface area contributed by atoms with Crippen LogP contribution in [0.25, 0.3) is 10.9 Å². The zero-order valence-electron chi connectivity index (χ0n) is 23.2. The van der Waals surface area contributed by atoms with E-state index < -0.39 is 16.0 Å². The number of aryl methyl sites for hydroxylation is 1. The highest BCUT2D eigenvalue weighted by Crippen LogP contribution is 2.28. The van der Waals surface area contributed by atoms with Crippen molar-refractivity contribution in [1.29, 1.82) is 0 Å². The van der Waals surface area contributed by atoms with Gasteiger partial charge < -0.3 is 10.0 Å². The zero-order valence-corrected chi connectivity index (χ0v) is 26.4. The van der Waals surface area contributed by atoms with Crippen molar-refractivity contribution in [2.24, 2.45) is 5.92 Å². The van der Waals surface area contributed by atoms with E-state index >= 15 is 0 Å². The molecule has 1 atom stereocenters. The first-order valence-electron chi connectivity index (χ1n) is 12.9. The van der Waals surface area contributed by atoms with Gasteiger partial charge >= 0.3 is 5.97 Å². The maximum Gasteiger partial charge on any atom is 0.336 e. The first kappa shape index (κ1) is 35.7. The van der Waals surface area contributed by atoms with Gasteiger partial charge in [-0.05, 0) is 67.6 Å².